The van der Waals surface area contributed by atoms with Crippen molar-refractivity contribution < 1.29 is 17.6 Å². The maximum Gasteiger partial charge on any atom is 0.291 e. The molecule has 0 bridgehead atoms. The predicted molar refractivity (Wildman–Crippen MR) is 124 cm³/mol. The Bertz CT molecular complexity index is 1180. The number of hydrogen-bond acceptors (Lipinski definition) is 6. The maximum absolute atomic E-state index is 12.9. The zero-order valence-corrected chi connectivity index (χ0v) is 19.1. The Hall–Kier alpha value is -2.33. The van der Waals surface area contributed by atoms with E-state index in [0.717, 1.165) is 10.9 Å². The lowest BCUT2D eigenvalue weighted by atomic mass is 10.1. The predicted octanol–water partition coefficient (Wildman–Crippen LogP) is 3.48. The molecule has 1 fully saturated rings. The molecule has 3 aromatic rings. The van der Waals surface area contributed by atoms with Gasteiger partial charge in [0.05, 0.1) is 4.90 Å². The molecule has 0 atom stereocenters. The number of fused-ring (bicyclic) bond motifs is 1. The molecule has 0 radical (unpaired) electrons. The minimum atomic E-state index is -3.54. The molecule has 1 saturated heterocycles. The summed E-state index contributed by atoms with van der Waals surface area (Å²) < 4.78 is 33.1. The summed E-state index contributed by atoms with van der Waals surface area (Å²) in [6, 6.07) is 13.9. The molecule has 4 rings (SSSR count). The van der Waals surface area contributed by atoms with E-state index < -0.39 is 10.0 Å². The first-order valence-electron chi connectivity index (χ1n) is 9.99. The first-order chi connectivity index (χ1) is 14.9. The molecule has 9 heteroatoms. The van der Waals surface area contributed by atoms with Crippen LogP contribution in [0.1, 0.15) is 16.1 Å². The summed E-state index contributed by atoms with van der Waals surface area (Å²) in [6.07, 6.45) is 1.98. The Morgan fingerprint density at radius 2 is 1.74 bits per heavy atom. The fourth-order valence-electron chi connectivity index (χ4n) is 3.65. The first-order valence-corrected chi connectivity index (χ1v) is 12.8. The highest BCUT2D eigenvalue weighted by Gasteiger charge is 2.27. The van der Waals surface area contributed by atoms with Gasteiger partial charge in [-0.05, 0) is 43.6 Å². The fraction of sp³-hybridized carbons (Fsp3) is 0.318. The van der Waals surface area contributed by atoms with Crippen LogP contribution < -0.4 is 5.32 Å². The van der Waals surface area contributed by atoms with Crippen LogP contribution >= 0.6 is 11.8 Å². The van der Waals surface area contributed by atoms with Crippen LogP contribution in [0.15, 0.2) is 57.8 Å². The van der Waals surface area contributed by atoms with Gasteiger partial charge in [-0.3, -0.25) is 4.79 Å². The second-order valence-corrected chi connectivity index (χ2v) is 10.3. The number of nitrogens with zero attached hydrogens (tertiary/aromatic N) is 2. The van der Waals surface area contributed by atoms with E-state index in [0.29, 0.717) is 43.2 Å². The summed E-state index contributed by atoms with van der Waals surface area (Å²) in [6.45, 7) is 2.37. The van der Waals surface area contributed by atoms with Crippen LogP contribution in [0.4, 0.5) is 5.69 Å². The van der Waals surface area contributed by atoms with E-state index >= 15 is 0 Å². The van der Waals surface area contributed by atoms with E-state index in [9.17, 15) is 13.2 Å². The zero-order chi connectivity index (χ0) is 22.0. The van der Waals surface area contributed by atoms with Crippen LogP contribution in [-0.4, -0.2) is 63.0 Å². The highest BCUT2D eigenvalue weighted by atomic mass is 32.2. The lowest BCUT2D eigenvalue weighted by Crippen LogP contribution is -2.46. The van der Waals surface area contributed by atoms with Gasteiger partial charge in [0, 0.05) is 48.6 Å². The number of carbonyl (C=O) groups excluding carboxylic acids is 1. The van der Waals surface area contributed by atoms with Gasteiger partial charge >= 0.3 is 0 Å². The number of para-hydroxylation sites is 1. The van der Waals surface area contributed by atoms with Gasteiger partial charge in [-0.2, -0.15) is 16.1 Å². The van der Waals surface area contributed by atoms with Crippen LogP contribution in [0.25, 0.3) is 11.0 Å². The Morgan fingerprint density at radius 1 is 1.06 bits per heavy atom. The molecule has 2 heterocycles. The number of benzene rings is 2. The molecule has 1 N–H and O–H groups in total. The number of carbonyl (C=O) groups is 1. The number of rotatable bonds is 6. The number of nitrogens with one attached hydrogen (secondary N) is 1. The molecule has 164 valence electrons. The molecule has 0 unspecified atom stereocenters. The summed E-state index contributed by atoms with van der Waals surface area (Å²) in [5.41, 5.74) is 2.04. The molecule has 7 nitrogen and oxygen atoms in total. The second kappa shape index (κ2) is 9.04. The molecule has 0 aliphatic carbocycles. The molecule has 31 heavy (non-hydrogen) atoms. The van der Waals surface area contributed by atoms with Gasteiger partial charge in [0.25, 0.3) is 5.91 Å². The summed E-state index contributed by atoms with van der Waals surface area (Å²) in [5.74, 6) is 0.585. The molecule has 0 spiro atoms. The first kappa shape index (κ1) is 21.9. The number of thioether (sulfide) groups is 1. The molecule has 1 aromatic heterocycles. The van der Waals surface area contributed by atoms with Gasteiger partial charge in [-0.15, -0.1) is 0 Å². The minimum Gasteiger partial charge on any atom is -0.451 e. The lowest BCUT2D eigenvalue weighted by Gasteiger charge is -2.31. The molecule has 0 saturated carbocycles. The summed E-state index contributed by atoms with van der Waals surface area (Å²) in [4.78, 5) is 15.2. The van der Waals surface area contributed by atoms with E-state index in [1.165, 1.54) is 16.4 Å². The van der Waals surface area contributed by atoms with Gasteiger partial charge in [0.15, 0.2) is 5.76 Å². The number of sulfonamides is 1. The summed E-state index contributed by atoms with van der Waals surface area (Å²) >= 11 is 1.62. The van der Waals surface area contributed by atoms with Crippen molar-refractivity contribution in [1.82, 2.24) is 9.21 Å². The van der Waals surface area contributed by atoms with E-state index in [4.69, 9.17) is 4.42 Å². The van der Waals surface area contributed by atoms with Gasteiger partial charge in [-0.1, -0.05) is 18.2 Å². The summed E-state index contributed by atoms with van der Waals surface area (Å²) in [5, 5.41) is 3.75. The minimum absolute atomic E-state index is 0.224. The Labute approximate surface area is 186 Å². The van der Waals surface area contributed by atoms with E-state index in [-0.39, 0.29) is 16.6 Å². The molecule has 1 amide bonds. The molecule has 1 aliphatic heterocycles. The largest absolute Gasteiger partial charge is 0.451 e. The number of amides is 1. The van der Waals surface area contributed by atoms with Crippen LogP contribution in [0.3, 0.4) is 0 Å². The number of likely N-dealkylation sites (N-methyl/N-ethyl adjacent to an activating group) is 1. The standard InChI is InChI=1S/C22H25N3O4S2/c1-24-11-13-25(14-12-24)31(27,28)17-9-7-16(8-10-17)23-22(26)21-19(15-30-2)18-5-3-4-6-20(18)29-21/h3-10H,11-15H2,1-2H3,(H,23,26). The third kappa shape index (κ3) is 4.50. The highest BCUT2D eigenvalue weighted by Crippen LogP contribution is 2.29. The van der Waals surface area contributed by atoms with Gasteiger partial charge in [-0.25, -0.2) is 8.42 Å². The second-order valence-electron chi connectivity index (χ2n) is 7.52. The molecular weight excluding hydrogens is 434 g/mol. The smallest absolute Gasteiger partial charge is 0.291 e. The fourth-order valence-corrected chi connectivity index (χ4v) is 5.64. The van der Waals surface area contributed by atoms with Gasteiger partial charge < -0.3 is 14.6 Å². The van der Waals surface area contributed by atoms with Gasteiger partial charge in [0.1, 0.15) is 5.58 Å². The number of piperazine rings is 1. The Morgan fingerprint density at radius 3 is 2.42 bits per heavy atom. The lowest BCUT2D eigenvalue weighted by molar-refractivity contribution is 0.0998. The summed E-state index contributed by atoms with van der Waals surface area (Å²) in [7, 11) is -1.56. The SMILES string of the molecule is CSCc1c(C(=O)Nc2ccc(S(=O)(=O)N3CCN(C)CC3)cc2)oc2ccccc12. The number of anilines is 1. The molecular formula is C22H25N3O4S2. The number of hydrogen-bond donors (Lipinski definition) is 1. The van der Waals surface area contributed by atoms with Crippen molar-refractivity contribution in [2.24, 2.45) is 0 Å². The third-order valence-corrected chi connectivity index (χ3v) is 7.90. The van der Waals surface area contributed by atoms with Gasteiger partial charge in [0.2, 0.25) is 10.0 Å². The quantitative estimate of drug-likeness (QED) is 0.608. The molecule has 2 aromatic carbocycles. The van der Waals surface area contributed by atoms with Crippen molar-refractivity contribution >= 4 is 44.3 Å². The topological polar surface area (TPSA) is 82.9 Å². The molecule has 1 aliphatic rings. The van der Waals surface area contributed by atoms with Crippen molar-refractivity contribution in [3.8, 4) is 0 Å². The van der Waals surface area contributed by atoms with Crippen LogP contribution in [0.2, 0.25) is 0 Å². The van der Waals surface area contributed by atoms with Crippen molar-refractivity contribution in [1.29, 1.82) is 0 Å². The van der Waals surface area contributed by atoms with Crippen LogP contribution in [-0.2, 0) is 15.8 Å². The normalized spacial score (nSPS) is 15.9. The van der Waals surface area contributed by atoms with Crippen molar-refractivity contribution in [2.75, 3.05) is 44.8 Å². The maximum atomic E-state index is 12.9. The van der Waals surface area contributed by atoms with Crippen molar-refractivity contribution in [3.63, 3.8) is 0 Å². The van der Waals surface area contributed by atoms with Crippen LogP contribution in [0, 0.1) is 0 Å². The zero-order valence-electron chi connectivity index (χ0n) is 17.5. The van der Waals surface area contributed by atoms with E-state index in [1.54, 1.807) is 23.9 Å². The Balaban J connectivity index is 1.52. The number of furan rings is 1. The monoisotopic (exact) mass is 459 g/mol. The van der Waals surface area contributed by atoms with Crippen molar-refractivity contribution in [3.05, 3.63) is 59.9 Å². The average Bonchev–Trinajstić information content (AvgIpc) is 3.13. The van der Waals surface area contributed by atoms with Crippen LogP contribution in [0.5, 0.6) is 0 Å². The third-order valence-electron chi connectivity index (χ3n) is 5.41. The Kier molecular flexibility index (Phi) is 6.38. The van der Waals surface area contributed by atoms with E-state index in [2.05, 4.69) is 10.2 Å². The van der Waals surface area contributed by atoms with E-state index in [1.807, 2.05) is 37.6 Å². The van der Waals surface area contributed by atoms with Crippen molar-refractivity contribution in [2.45, 2.75) is 10.6 Å². The average molecular weight is 460 g/mol. The highest BCUT2D eigenvalue weighted by molar-refractivity contribution is 7.97.